The third kappa shape index (κ3) is 17.3. The molecule has 0 radical (unpaired) electrons. The van der Waals surface area contributed by atoms with Gasteiger partial charge >= 0.3 is 41.8 Å². The van der Waals surface area contributed by atoms with Crippen LogP contribution in [0.15, 0.2) is 91.0 Å². The fourth-order valence-corrected chi connectivity index (χ4v) is 8.70. The molecule has 3 saturated heterocycles. The molecular formula is C53H64O23. The van der Waals surface area contributed by atoms with E-state index in [2.05, 4.69) is 0 Å². The molecule has 76 heavy (non-hydrogen) atoms. The second-order valence-corrected chi connectivity index (χ2v) is 17.9. The van der Waals surface area contributed by atoms with Crippen molar-refractivity contribution in [1.29, 1.82) is 0 Å². The summed E-state index contributed by atoms with van der Waals surface area (Å²) in [6, 6.07) is 27.4. The Morgan fingerprint density at radius 2 is 0.724 bits per heavy atom. The van der Waals surface area contributed by atoms with Crippen LogP contribution in [0.25, 0.3) is 0 Å². The Kier molecular flexibility index (Phi) is 22.2. The Morgan fingerprint density at radius 3 is 1.14 bits per heavy atom. The first kappa shape index (κ1) is 58.8. The number of hydrogen-bond acceptors (Lipinski definition) is 23. The Labute approximate surface area is 438 Å². The maximum atomic E-state index is 13.3. The van der Waals surface area contributed by atoms with Gasteiger partial charge in [0.1, 0.15) is 55.9 Å². The largest absolute Gasteiger partial charge is 0.463 e. The van der Waals surface area contributed by atoms with Crippen molar-refractivity contribution in [2.45, 2.75) is 160 Å². The van der Waals surface area contributed by atoms with Gasteiger partial charge in [-0.1, -0.05) is 91.0 Å². The molecule has 0 aromatic heterocycles. The van der Waals surface area contributed by atoms with Crippen molar-refractivity contribution >= 4 is 41.8 Å². The van der Waals surface area contributed by atoms with Gasteiger partial charge in [-0.2, -0.15) is 0 Å². The lowest BCUT2D eigenvalue weighted by Gasteiger charge is -2.50. The molecule has 3 aromatic rings. The van der Waals surface area contributed by atoms with Crippen LogP contribution in [0.4, 0.5) is 0 Å². The predicted octanol–water partition coefficient (Wildman–Crippen LogP) is 3.10. The molecule has 3 aliphatic rings. The fraction of sp³-hybridized carbons (Fsp3) is 0.528. The van der Waals surface area contributed by atoms with Crippen LogP contribution in [0.3, 0.4) is 0 Å². The van der Waals surface area contributed by atoms with E-state index >= 15 is 0 Å². The number of aliphatic hydroxyl groups is 1. The molecule has 23 nitrogen and oxygen atoms in total. The Bertz CT molecular complexity index is 2370. The second kappa shape index (κ2) is 28.6. The maximum Gasteiger partial charge on any atom is 0.303 e. The molecule has 6 rings (SSSR count). The SMILES string of the molecule is CC(=O)OC[C@H]1O[C@@H](O[C@H]2[C@H](OC(C)=O)[C@@H](OC(C)=O)[C@H](O[C@H]3[C@H](OCc4ccccc4)[C@@H](OCc4ccccc4)[C@H](O)O[C@@H]3COCc3ccccc3)O[C@@H]2COC(C)=O)[C@H](OC(C)=O)[C@@H](OC(C)=O)[C@@H]1OC(C)=O. The normalized spacial score (nSPS) is 29.2. The highest BCUT2D eigenvalue weighted by molar-refractivity contribution is 5.69. The first-order valence-corrected chi connectivity index (χ1v) is 24.4. The first-order valence-electron chi connectivity index (χ1n) is 24.4. The quantitative estimate of drug-likeness (QED) is 0.105. The maximum absolute atomic E-state index is 13.3. The van der Waals surface area contributed by atoms with Crippen LogP contribution >= 0.6 is 0 Å². The molecule has 0 aliphatic carbocycles. The number of esters is 7. The second-order valence-electron chi connectivity index (χ2n) is 17.9. The van der Waals surface area contributed by atoms with Gasteiger partial charge in [0.2, 0.25) is 0 Å². The van der Waals surface area contributed by atoms with Crippen LogP contribution in [0.2, 0.25) is 0 Å². The van der Waals surface area contributed by atoms with Crippen molar-refractivity contribution < 1.29 is 110 Å². The van der Waals surface area contributed by atoms with Crippen LogP contribution in [0.5, 0.6) is 0 Å². The zero-order chi connectivity index (χ0) is 54.9. The van der Waals surface area contributed by atoms with Crippen LogP contribution < -0.4 is 0 Å². The van der Waals surface area contributed by atoms with E-state index in [4.69, 9.17) is 71.1 Å². The highest BCUT2D eigenvalue weighted by Gasteiger charge is 2.59. The number of hydrogen-bond donors (Lipinski definition) is 1. The van der Waals surface area contributed by atoms with Crippen LogP contribution in [-0.4, -0.2) is 159 Å². The summed E-state index contributed by atoms with van der Waals surface area (Å²) in [5.41, 5.74) is 2.28. The van der Waals surface area contributed by atoms with E-state index in [9.17, 15) is 38.7 Å². The summed E-state index contributed by atoms with van der Waals surface area (Å²) >= 11 is 0. The van der Waals surface area contributed by atoms with Gasteiger partial charge < -0.3 is 76.2 Å². The molecule has 0 saturated carbocycles. The minimum atomic E-state index is -1.92. The minimum absolute atomic E-state index is 0.0216. The van der Waals surface area contributed by atoms with Gasteiger partial charge in [-0.05, 0) is 16.7 Å². The average molecular weight is 1070 g/mol. The van der Waals surface area contributed by atoms with Gasteiger partial charge in [-0.15, -0.1) is 0 Å². The summed E-state index contributed by atoms with van der Waals surface area (Å²) in [7, 11) is 0. The molecule has 0 unspecified atom stereocenters. The molecule has 0 spiro atoms. The van der Waals surface area contributed by atoms with Gasteiger partial charge in [-0.25, -0.2) is 0 Å². The summed E-state index contributed by atoms with van der Waals surface area (Å²) < 4.78 is 91.0. The molecule has 3 fully saturated rings. The van der Waals surface area contributed by atoms with Gasteiger partial charge in [-0.3, -0.25) is 33.6 Å². The molecule has 0 bridgehead atoms. The van der Waals surface area contributed by atoms with E-state index in [-0.39, 0.29) is 26.4 Å². The molecule has 3 aromatic carbocycles. The lowest BCUT2D eigenvalue weighted by molar-refractivity contribution is -0.382. The number of aliphatic hydroxyl groups excluding tert-OH is 1. The number of rotatable bonds is 23. The molecule has 3 aliphatic heterocycles. The Balaban J connectivity index is 1.45. The van der Waals surface area contributed by atoms with Gasteiger partial charge in [0, 0.05) is 48.5 Å². The molecule has 1 N–H and O–H groups in total. The van der Waals surface area contributed by atoms with Crippen LogP contribution in [0.1, 0.15) is 65.2 Å². The van der Waals surface area contributed by atoms with Gasteiger partial charge in [0.25, 0.3) is 0 Å². The van der Waals surface area contributed by atoms with E-state index in [1.54, 1.807) is 0 Å². The van der Waals surface area contributed by atoms with E-state index < -0.39 is 147 Å². The smallest absolute Gasteiger partial charge is 0.303 e. The van der Waals surface area contributed by atoms with Gasteiger partial charge in [0.15, 0.2) is 49.4 Å². The number of carbonyl (C=O) groups excluding carboxylic acids is 7. The number of ether oxygens (including phenoxy) is 15. The van der Waals surface area contributed by atoms with E-state index in [0.717, 1.165) is 65.2 Å². The number of benzene rings is 3. The van der Waals surface area contributed by atoms with E-state index in [1.165, 1.54) is 0 Å². The monoisotopic (exact) mass is 1070 g/mol. The third-order valence-electron chi connectivity index (χ3n) is 11.8. The van der Waals surface area contributed by atoms with Crippen LogP contribution in [0, 0.1) is 0 Å². The fourth-order valence-electron chi connectivity index (χ4n) is 8.70. The summed E-state index contributed by atoms with van der Waals surface area (Å²) in [5, 5.41) is 11.8. The molecular weight excluding hydrogens is 1000 g/mol. The minimum Gasteiger partial charge on any atom is -0.463 e. The number of carbonyl (C=O) groups is 7. The first-order chi connectivity index (χ1) is 36.4. The third-order valence-corrected chi connectivity index (χ3v) is 11.8. The van der Waals surface area contributed by atoms with Crippen molar-refractivity contribution in [3.8, 4) is 0 Å². The Hall–Kier alpha value is -6.41. The van der Waals surface area contributed by atoms with E-state index in [0.29, 0.717) is 0 Å². The molecule has 23 heteroatoms. The lowest BCUT2D eigenvalue weighted by Crippen LogP contribution is -2.68. The topological polar surface area (TPSA) is 278 Å². The van der Waals surface area contributed by atoms with Crippen molar-refractivity contribution in [1.82, 2.24) is 0 Å². The van der Waals surface area contributed by atoms with Crippen molar-refractivity contribution in [3.05, 3.63) is 108 Å². The lowest BCUT2D eigenvalue weighted by atomic mass is 9.95. The predicted molar refractivity (Wildman–Crippen MR) is 255 cm³/mol. The summed E-state index contributed by atoms with van der Waals surface area (Å²) in [5.74, 6) is -6.29. The molecule has 15 atom stereocenters. The molecule has 3 heterocycles. The summed E-state index contributed by atoms with van der Waals surface area (Å²) in [6.07, 6.45) is -24.0. The zero-order valence-electron chi connectivity index (χ0n) is 43.0. The van der Waals surface area contributed by atoms with Crippen molar-refractivity contribution in [2.75, 3.05) is 19.8 Å². The average Bonchev–Trinajstić information content (AvgIpc) is 3.36. The molecule has 414 valence electrons. The van der Waals surface area contributed by atoms with Crippen molar-refractivity contribution in [2.24, 2.45) is 0 Å². The highest BCUT2D eigenvalue weighted by Crippen LogP contribution is 2.38. The highest BCUT2D eigenvalue weighted by atomic mass is 16.8. The van der Waals surface area contributed by atoms with E-state index in [1.807, 2.05) is 91.0 Å². The standard InChI is InChI=1S/C53H64O23/c1-29(54)63-27-40-43(67-31(3)56)46(68-32(4)57)49(70-34(6)59)53(73-40)76-44-41(28-64-30(2)55)74-52(50(71-35(7)60)47(44)69-33(5)58)75-42-39(26-62-23-36-17-11-8-12-18-36)72-51(61)48(66-25-38-21-15-10-16-22-38)45(42)65-24-37-19-13-9-14-20-37/h8-22,39-53,61H,23-28H2,1-7H3/t39-,40-,41-,42-,43-,44-,45+,46+,47+,48-,49-,50-,51-,52+,53+/m1/s1. The molecule has 0 amide bonds. The van der Waals surface area contributed by atoms with Crippen LogP contribution in [-0.2, 0) is 124 Å². The zero-order valence-corrected chi connectivity index (χ0v) is 43.0. The summed E-state index contributed by atoms with van der Waals surface area (Å²) in [6.45, 7) is 5.86. The summed E-state index contributed by atoms with van der Waals surface area (Å²) in [4.78, 5) is 89.2. The van der Waals surface area contributed by atoms with Crippen molar-refractivity contribution in [3.63, 3.8) is 0 Å². The Morgan fingerprint density at radius 1 is 0.382 bits per heavy atom. The van der Waals surface area contributed by atoms with Gasteiger partial charge in [0.05, 0.1) is 26.4 Å².